The van der Waals surface area contributed by atoms with Gasteiger partial charge in [-0.3, -0.25) is 14.4 Å². The van der Waals surface area contributed by atoms with Gasteiger partial charge in [-0.1, -0.05) is 48.4 Å². The number of halogens is 1. The second-order valence-corrected chi connectivity index (χ2v) is 14.6. The lowest BCUT2D eigenvalue weighted by molar-refractivity contribution is -0.131. The van der Waals surface area contributed by atoms with Gasteiger partial charge in [0.2, 0.25) is 5.91 Å². The molecule has 0 bridgehead atoms. The van der Waals surface area contributed by atoms with Gasteiger partial charge in [0.15, 0.2) is 5.82 Å². The predicted molar refractivity (Wildman–Crippen MR) is 203 cm³/mol. The largest absolute Gasteiger partial charge is 0.465 e. The first kappa shape index (κ1) is 36.3. The molecular weight excluding hydrogens is 682 g/mol. The maximum atomic E-state index is 14.0. The number of piperazine rings is 1. The van der Waals surface area contributed by atoms with Crippen LogP contribution in [0.15, 0.2) is 47.5 Å². The second-order valence-electron chi connectivity index (χ2n) is 13.0. The average molecular weight is 726 g/mol. The van der Waals surface area contributed by atoms with Crippen molar-refractivity contribution in [1.82, 2.24) is 19.7 Å². The molecule has 2 aliphatic heterocycles. The summed E-state index contributed by atoms with van der Waals surface area (Å²) in [7, 11) is 1.38. The van der Waals surface area contributed by atoms with E-state index in [1.54, 1.807) is 11.3 Å². The molecule has 2 N–H and O–H groups in total. The first-order valence-electron chi connectivity index (χ1n) is 17.5. The lowest BCUT2D eigenvalue weighted by atomic mass is 9.99. The molecule has 1 atom stereocenters. The topological polar surface area (TPSA) is 119 Å². The molecule has 4 heterocycles. The van der Waals surface area contributed by atoms with Crippen molar-refractivity contribution in [1.29, 1.82) is 0 Å². The van der Waals surface area contributed by atoms with Crippen LogP contribution in [0.4, 0.5) is 5.69 Å². The number of hydrogen-bond donors (Lipinski definition) is 1. The molecule has 1 fully saturated rings. The Balaban J connectivity index is 1.18. The molecule has 1 saturated heterocycles. The minimum Gasteiger partial charge on any atom is -0.465 e. The summed E-state index contributed by atoms with van der Waals surface area (Å²) in [6, 6.07) is 12.9. The van der Waals surface area contributed by atoms with Gasteiger partial charge in [-0.25, -0.2) is 4.79 Å². The molecule has 0 aliphatic carbocycles. The van der Waals surface area contributed by atoms with Gasteiger partial charge in [0.25, 0.3) is 0 Å². The number of esters is 1. The summed E-state index contributed by atoms with van der Waals surface area (Å²) >= 11 is 7.95. The lowest BCUT2D eigenvalue weighted by Gasteiger charge is -2.36. The number of aromatic nitrogens is 3. The third-order valence-corrected chi connectivity index (χ3v) is 11.1. The van der Waals surface area contributed by atoms with E-state index < -0.39 is 12.0 Å². The first-order valence-corrected chi connectivity index (χ1v) is 18.7. The molecule has 0 unspecified atom stereocenters. The standard InChI is InChI=1S/C39H44ClN7O3S/c1-25-26(2)51-38-35(25)36(29-12-15-30(40)16-13-29)42-33(37-44-43-27(3)47(37)38)24-34(48)46-21-19-45(20-22-46)31-17-14-28(32(23-31)39(49)50-4)11-9-7-5-6-8-10-18-41/h12-17,23,33H,5-8,10,18-22,24,41H2,1-4H3/t33-/m0/s1. The number of aliphatic imine (C=N–C) groups is 1. The van der Waals surface area contributed by atoms with Crippen LogP contribution in [0.2, 0.25) is 5.02 Å². The van der Waals surface area contributed by atoms with Crippen LogP contribution in [0.3, 0.4) is 0 Å². The fraction of sp³-hybridized carbons (Fsp3) is 0.410. The van der Waals surface area contributed by atoms with Crippen LogP contribution in [0, 0.1) is 32.6 Å². The highest BCUT2D eigenvalue weighted by Crippen LogP contribution is 2.40. The van der Waals surface area contributed by atoms with Gasteiger partial charge < -0.3 is 20.3 Å². The van der Waals surface area contributed by atoms with Crippen LogP contribution in [0.25, 0.3) is 5.00 Å². The van der Waals surface area contributed by atoms with Gasteiger partial charge >= 0.3 is 5.97 Å². The molecule has 10 nitrogen and oxygen atoms in total. The van der Waals surface area contributed by atoms with Crippen molar-refractivity contribution >= 4 is 46.2 Å². The Morgan fingerprint density at radius 1 is 1.00 bits per heavy atom. The van der Waals surface area contributed by atoms with E-state index >= 15 is 0 Å². The zero-order valence-corrected chi connectivity index (χ0v) is 31.2. The molecule has 0 radical (unpaired) electrons. The number of carbonyl (C=O) groups excluding carboxylic acids is 2. The molecule has 2 aromatic carbocycles. The molecule has 0 saturated carbocycles. The number of thiophene rings is 1. The van der Waals surface area contributed by atoms with Crippen LogP contribution < -0.4 is 10.6 Å². The van der Waals surface area contributed by atoms with Crippen LogP contribution in [0.5, 0.6) is 0 Å². The molecule has 51 heavy (non-hydrogen) atoms. The van der Waals surface area contributed by atoms with Crippen molar-refractivity contribution in [2.24, 2.45) is 10.7 Å². The van der Waals surface area contributed by atoms with Crippen molar-refractivity contribution in [3.63, 3.8) is 0 Å². The van der Waals surface area contributed by atoms with Crippen molar-refractivity contribution in [2.75, 3.05) is 44.7 Å². The van der Waals surface area contributed by atoms with Gasteiger partial charge in [0, 0.05) is 64.9 Å². The summed E-state index contributed by atoms with van der Waals surface area (Å²) in [4.78, 5) is 37.3. The predicted octanol–water partition coefficient (Wildman–Crippen LogP) is 6.59. The maximum Gasteiger partial charge on any atom is 0.339 e. The van der Waals surface area contributed by atoms with Crippen LogP contribution in [-0.4, -0.2) is 77.1 Å². The van der Waals surface area contributed by atoms with Crippen molar-refractivity contribution in [3.05, 3.63) is 91.8 Å². The van der Waals surface area contributed by atoms with E-state index in [0.717, 1.165) is 77.6 Å². The molecule has 1 amide bonds. The molecule has 6 rings (SSSR count). The van der Waals surface area contributed by atoms with E-state index in [1.807, 2.05) is 54.3 Å². The Morgan fingerprint density at radius 2 is 1.75 bits per heavy atom. The van der Waals surface area contributed by atoms with E-state index in [1.165, 1.54) is 12.0 Å². The Bertz CT molecular complexity index is 2000. The summed E-state index contributed by atoms with van der Waals surface area (Å²) in [6.07, 6.45) is 5.17. The van der Waals surface area contributed by atoms with Gasteiger partial charge in [-0.2, -0.15) is 0 Å². The fourth-order valence-electron chi connectivity index (χ4n) is 6.63. The summed E-state index contributed by atoms with van der Waals surface area (Å²) in [5.74, 6) is 7.40. The van der Waals surface area contributed by atoms with Crippen LogP contribution >= 0.6 is 22.9 Å². The Hall–Kier alpha value is -4.50. The SMILES string of the molecule is COC(=O)c1cc(N2CCN(C(=O)C[C@@H]3N=C(c4ccc(Cl)cc4)c4c(sc(C)c4C)-n4c(C)nnc43)CC2)ccc1C#CCCCCCCN. The van der Waals surface area contributed by atoms with Crippen LogP contribution in [-0.2, 0) is 9.53 Å². The Morgan fingerprint density at radius 3 is 2.47 bits per heavy atom. The number of fused-ring (bicyclic) bond motifs is 3. The Kier molecular flexibility index (Phi) is 11.6. The maximum absolute atomic E-state index is 14.0. The number of ether oxygens (including phenoxy) is 1. The highest BCUT2D eigenvalue weighted by Gasteiger charge is 2.34. The summed E-state index contributed by atoms with van der Waals surface area (Å²) < 4.78 is 7.17. The summed E-state index contributed by atoms with van der Waals surface area (Å²) in [5.41, 5.74) is 11.5. The molecule has 0 spiro atoms. The molecule has 2 aliphatic rings. The average Bonchev–Trinajstić information content (AvgIpc) is 3.62. The lowest BCUT2D eigenvalue weighted by Crippen LogP contribution is -2.49. The van der Waals surface area contributed by atoms with Gasteiger partial charge in [-0.05, 0) is 76.1 Å². The molecular formula is C39H44ClN7O3S. The van der Waals surface area contributed by atoms with E-state index in [0.29, 0.717) is 48.2 Å². The summed E-state index contributed by atoms with van der Waals surface area (Å²) in [5, 5.41) is 10.7. The highest BCUT2D eigenvalue weighted by atomic mass is 35.5. The number of amides is 1. The van der Waals surface area contributed by atoms with Gasteiger partial charge in [-0.15, -0.1) is 21.5 Å². The zero-order valence-electron chi connectivity index (χ0n) is 29.7. The van der Waals surface area contributed by atoms with Gasteiger partial charge in [0.1, 0.15) is 16.9 Å². The molecule has 266 valence electrons. The minimum absolute atomic E-state index is 0.00751. The number of anilines is 1. The first-order chi connectivity index (χ1) is 24.7. The fourth-order valence-corrected chi connectivity index (χ4v) is 7.97. The number of unbranched alkanes of at least 4 members (excludes halogenated alkanes) is 4. The second kappa shape index (κ2) is 16.2. The van der Waals surface area contributed by atoms with Crippen molar-refractivity contribution in [3.8, 4) is 16.8 Å². The van der Waals surface area contributed by atoms with Crippen molar-refractivity contribution in [2.45, 2.75) is 65.3 Å². The van der Waals surface area contributed by atoms with E-state index in [4.69, 9.17) is 27.1 Å². The van der Waals surface area contributed by atoms with E-state index in [9.17, 15) is 9.59 Å². The number of nitrogens with zero attached hydrogens (tertiary/aromatic N) is 6. The number of nitrogens with two attached hydrogens (primary N) is 1. The van der Waals surface area contributed by atoms with E-state index in [2.05, 4.69) is 45.4 Å². The zero-order chi connectivity index (χ0) is 36.1. The molecule has 4 aromatic rings. The Labute approximate surface area is 308 Å². The normalized spacial score (nSPS) is 15.3. The van der Waals surface area contributed by atoms with Gasteiger partial charge in [0.05, 0.1) is 24.8 Å². The van der Waals surface area contributed by atoms with E-state index in [-0.39, 0.29) is 12.3 Å². The number of benzene rings is 2. The number of aryl methyl sites for hydroxylation is 2. The third-order valence-electron chi connectivity index (χ3n) is 9.61. The quantitative estimate of drug-likeness (QED) is 0.111. The van der Waals surface area contributed by atoms with Crippen molar-refractivity contribution < 1.29 is 14.3 Å². The minimum atomic E-state index is -0.524. The summed E-state index contributed by atoms with van der Waals surface area (Å²) in [6.45, 7) is 9.20. The van der Waals surface area contributed by atoms with Crippen LogP contribution in [0.1, 0.15) is 93.7 Å². The third kappa shape index (κ3) is 7.88. The smallest absolute Gasteiger partial charge is 0.339 e. The number of rotatable bonds is 10. The highest BCUT2D eigenvalue weighted by molar-refractivity contribution is 7.15. The monoisotopic (exact) mass is 725 g/mol. The molecule has 2 aromatic heterocycles. The number of hydrogen-bond acceptors (Lipinski definition) is 9. The molecule has 12 heteroatoms. The number of methoxy groups -OCH3 is 1. The number of carbonyl (C=O) groups is 2.